The summed E-state index contributed by atoms with van der Waals surface area (Å²) in [5, 5.41) is 8.86. The number of para-hydroxylation sites is 1. The number of nitrogens with two attached hydrogens (primary N) is 1. The molecule has 0 atom stereocenters. The first-order valence-electron chi connectivity index (χ1n) is 9.44. The fourth-order valence-electron chi connectivity index (χ4n) is 2.40. The first-order valence-corrected chi connectivity index (χ1v) is 9.44. The quantitative estimate of drug-likeness (QED) is 0.163. The molecule has 30 heavy (non-hydrogen) atoms. The van der Waals surface area contributed by atoms with Gasteiger partial charge in [-0.15, -0.1) is 24.0 Å². The van der Waals surface area contributed by atoms with Gasteiger partial charge in [0.2, 0.25) is 5.91 Å². The van der Waals surface area contributed by atoms with Crippen LogP contribution in [-0.2, 0) is 11.3 Å². The number of rotatable bonds is 10. The summed E-state index contributed by atoms with van der Waals surface area (Å²) in [5.74, 6) is 0.595. The second-order valence-corrected chi connectivity index (χ2v) is 6.13. The molecule has 0 unspecified atom stereocenters. The van der Waals surface area contributed by atoms with Crippen LogP contribution >= 0.6 is 24.0 Å². The van der Waals surface area contributed by atoms with Gasteiger partial charge in [-0.2, -0.15) is 0 Å². The number of nitrogens with zero attached hydrogens (tertiary/aromatic N) is 1. The van der Waals surface area contributed by atoms with Crippen molar-refractivity contribution in [3.05, 3.63) is 65.7 Å². The summed E-state index contributed by atoms with van der Waals surface area (Å²) in [4.78, 5) is 27.2. The maximum Gasteiger partial charge on any atom is 0.251 e. The Hall–Kier alpha value is -2.82. The number of carbonyl (C=O) groups is 2. The van der Waals surface area contributed by atoms with Gasteiger partial charge in [0.1, 0.15) is 12.4 Å². The Bertz CT molecular complexity index is 813. The van der Waals surface area contributed by atoms with E-state index in [1.807, 2.05) is 49.4 Å². The molecule has 8 nitrogen and oxygen atoms in total. The minimum absolute atomic E-state index is 0. The van der Waals surface area contributed by atoms with Gasteiger partial charge in [0, 0.05) is 12.1 Å². The molecule has 2 aromatic rings. The van der Waals surface area contributed by atoms with Gasteiger partial charge in [-0.1, -0.05) is 30.3 Å². The lowest BCUT2D eigenvalue weighted by Crippen LogP contribution is -2.39. The van der Waals surface area contributed by atoms with Gasteiger partial charge >= 0.3 is 0 Å². The molecule has 0 heterocycles. The third-order valence-electron chi connectivity index (χ3n) is 3.81. The number of primary amides is 1. The number of amides is 2. The van der Waals surface area contributed by atoms with E-state index in [2.05, 4.69) is 20.9 Å². The van der Waals surface area contributed by atoms with Crippen LogP contribution in [0.4, 0.5) is 0 Å². The maximum atomic E-state index is 11.9. The molecule has 0 spiro atoms. The highest BCUT2D eigenvalue weighted by molar-refractivity contribution is 14.0. The Labute approximate surface area is 193 Å². The zero-order valence-corrected chi connectivity index (χ0v) is 19.2. The lowest BCUT2D eigenvalue weighted by atomic mass is 10.1. The first kappa shape index (κ1) is 25.2. The number of benzene rings is 2. The molecule has 0 aliphatic carbocycles. The first-order chi connectivity index (χ1) is 14.1. The smallest absolute Gasteiger partial charge is 0.251 e. The summed E-state index contributed by atoms with van der Waals surface area (Å²) in [5.41, 5.74) is 6.43. The van der Waals surface area contributed by atoms with Crippen molar-refractivity contribution in [2.75, 3.05) is 26.2 Å². The number of nitrogens with one attached hydrogen (secondary N) is 3. The summed E-state index contributed by atoms with van der Waals surface area (Å²) in [7, 11) is 0. The number of hydrogen-bond acceptors (Lipinski definition) is 4. The van der Waals surface area contributed by atoms with Gasteiger partial charge in [0.25, 0.3) is 5.91 Å². The van der Waals surface area contributed by atoms with Crippen molar-refractivity contribution in [1.29, 1.82) is 0 Å². The number of carbonyl (C=O) groups excluding carboxylic acids is 2. The number of ether oxygens (including phenoxy) is 1. The van der Waals surface area contributed by atoms with Crippen LogP contribution in [0.3, 0.4) is 0 Å². The van der Waals surface area contributed by atoms with E-state index in [1.165, 1.54) is 0 Å². The molecular weight excluding hydrogens is 497 g/mol. The predicted octanol–water partition coefficient (Wildman–Crippen LogP) is 1.65. The van der Waals surface area contributed by atoms with E-state index in [0.29, 0.717) is 31.2 Å². The van der Waals surface area contributed by atoms with Crippen molar-refractivity contribution in [3.63, 3.8) is 0 Å². The van der Waals surface area contributed by atoms with Crippen LogP contribution in [0.25, 0.3) is 0 Å². The summed E-state index contributed by atoms with van der Waals surface area (Å²) in [6, 6.07) is 16.7. The number of aliphatic imine (C=N–C) groups is 1. The summed E-state index contributed by atoms with van der Waals surface area (Å²) >= 11 is 0. The lowest BCUT2D eigenvalue weighted by Gasteiger charge is -2.12. The molecule has 0 saturated heterocycles. The number of hydrogen-bond donors (Lipinski definition) is 4. The minimum atomic E-state index is -0.582. The van der Waals surface area contributed by atoms with Crippen LogP contribution in [0.1, 0.15) is 22.8 Å². The minimum Gasteiger partial charge on any atom is -0.492 e. The summed E-state index contributed by atoms with van der Waals surface area (Å²) < 4.78 is 5.66. The van der Waals surface area contributed by atoms with Crippen LogP contribution in [-0.4, -0.2) is 44.0 Å². The molecule has 9 heteroatoms. The van der Waals surface area contributed by atoms with Crippen molar-refractivity contribution in [3.8, 4) is 5.75 Å². The Kier molecular flexibility index (Phi) is 11.9. The average molecular weight is 525 g/mol. The Morgan fingerprint density at radius 3 is 2.33 bits per heavy atom. The van der Waals surface area contributed by atoms with Crippen molar-refractivity contribution in [2.45, 2.75) is 13.5 Å². The molecule has 0 saturated carbocycles. The van der Waals surface area contributed by atoms with Gasteiger partial charge in [-0.3, -0.25) is 9.59 Å². The van der Waals surface area contributed by atoms with Crippen LogP contribution in [0.5, 0.6) is 5.75 Å². The molecule has 0 aliphatic rings. The monoisotopic (exact) mass is 525 g/mol. The molecule has 2 aromatic carbocycles. The van der Waals surface area contributed by atoms with Gasteiger partial charge in [0.05, 0.1) is 19.6 Å². The average Bonchev–Trinajstić information content (AvgIpc) is 2.74. The third-order valence-corrected chi connectivity index (χ3v) is 3.81. The van der Waals surface area contributed by atoms with Gasteiger partial charge in [-0.25, -0.2) is 4.99 Å². The second-order valence-electron chi connectivity index (χ2n) is 6.13. The highest BCUT2D eigenvalue weighted by atomic mass is 127. The Balaban J connectivity index is 0.00000450. The maximum absolute atomic E-state index is 11.9. The standard InChI is InChI=1S/C21H27N5O3.HI/c1-2-23-21(24-12-13-29-18-6-4-3-5-7-18)26-14-16-8-10-17(11-9-16)20(28)25-15-19(22)27;/h3-11H,2,12-15H2,1H3,(H2,22,27)(H,25,28)(H2,23,24,26);1H. The van der Waals surface area contributed by atoms with E-state index in [1.54, 1.807) is 12.1 Å². The molecule has 0 radical (unpaired) electrons. The Morgan fingerprint density at radius 1 is 1.00 bits per heavy atom. The molecule has 162 valence electrons. The molecule has 0 aliphatic heterocycles. The van der Waals surface area contributed by atoms with Crippen LogP contribution in [0, 0.1) is 0 Å². The van der Waals surface area contributed by atoms with Crippen LogP contribution in [0.2, 0.25) is 0 Å². The highest BCUT2D eigenvalue weighted by Gasteiger charge is 2.06. The normalized spacial score (nSPS) is 10.5. The third kappa shape index (κ3) is 9.59. The second kappa shape index (κ2) is 14.2. The van der Waals surface area contributed by atoms with Crippen LogP contribution in [0.15, 0.2) is 59.6 Å². The van der Waals surface area contributed by atoms with E-state index >= 15 is 0 Å². The van der Waals surface area contributed by atoms with Crippen LogP contribution < -0.4 is 26.4 Å². The fraction of sp³-hybridized carbons (Fsp3) is 0.286. The van der Waals surface area contributed by atoms with Crippen molar-refractivity contribution < 1.29 is 14.3 Å². The summed E-state index contributed by atoms with van der Waals surface area (Å²) in [6.45, 7) is 4.14. The molecule has 2 amide bonds. The zero-order valence-electron chi connectivity index (χ0n) is 16.9. The highest BCUT2D eigenvalue weighted by Crippen LogP contribution is 2.07. The molecule has 0 bridgehead atoms. The molecular formula is C21H28IN5O3. The predicted molar refractivity (Wildman–Crippen MR) is 128 cm³/mol. The zero-order chi connectivity index (χ0) is 20.9. The van der Waals surface area contributed by atoms with E-state index in [0.717, 1.165) is 17.9 Å². The number of halogens is 1. The SMILES string of the molecule is CCNC(=NCc1ccc(C(=O)NCC(N)=O)cc1)NCCOc1ccccc1.I. The molecule has 0 fully saturated rings. The molecule has 2 rings (SSSR count). The molecule has 5 N–H and O–H groups in total. The van der Waals surface area contributed by atoms with E-state index in [9.17, 15) is 9.59 Å². The van der Waals surface area contributed by atoms with E-state index in [4.69, 9.17) is 10.5 Å². The van der Waals surface area contributed by atoms with Gasteiger partial charge in [0.15, 0.2) is 5.96 Å². The number of guanidine groups is 1. The lowest BCUT2D eigenvalue weighted by molar-refractivity contribution is -0.117. The summed E-state index contributed by atoms with van der Waals surface area (Å²) in [6.07, 6.45) is 0. The van der Waals surface area contributed by atoms with Gasteiger partial charge in [-0.05, 0) is 36.8 Å². The van der Waals surface area contributed by atoms with Crippen molar-refractivity contribution >= 4 is 41.8 Å². The fourth-order valence-corrected chi connectivity index (χ4v) is 2.40. The van der Waals surface area contributed by atoms with E-state index in [-0.39, 0.29) is 36.4 Å². The molecule has 0 aromatic heterocycles. The van der Waals surface area contributed by atoms with Gasteiger partial charge < -0.3 is 26.4 Å². The van der Waals surface area contributed by atoms with Crippen molar-refractivity contribution in [2.24, 2.45) is 10.7 Å². The van der Waals surface area contributed by atoms with E-state index < -0.39 is 5.91 Å². The topological polar surface area (TPSA) is 118 Å². The largest absolute Gasteiger partial charge is 0.492 e. The van der Waals surface area contributed by atoms with Crippen molar-refractivity contribution in [1.82, 2.24) is 16.0 Å². The Morgan fingerprint density at radius 2 is 1.70 bits per heavy atom.